The van der Waals surface area contributed by atoms with Crippen molar-refractivity contribution < 1.29 is 19.4 Å². The first kappa shape index (κ1) is 17.6. The van der Waals surface area contributed by atoms with Crippen molar-refractivity contribution in [2.45, 2.75) is 0 Å². The second-order valence-electron chi connectivity index (χ2n) is 4.59. The van der Waals surface area contributed by atoms with E-state index in [1.165, 1.54) is 36.4 Å². The number of carbonyl (C=O) groups excluding carboxylic acids is 2. The van der Waals surface area contributed by atoms with Crippen molar-refractivity contribution in [2.24, 2.45) is 0 Å². The fourth-order valence-corrected chi connectivity index (χ4v) is 2.16. The minimum absolute atomic E-state index is 0.103. The Labute approximate surface area is 147 Å². The summed E-state index contributed by atoms with van der Waals surface area (Å²) in [5.74, 6) is -1.80. The monoisotopic (exact) mass is 364 g/mol. The van der Waals surface area contributed by atoms with Gasteiger partial charge in [-0.3, -0.25) is 4.79 Å². The number of anilines is 1. The normalized spacial score (nSPS) is 9.88. The van der Waals surface area contributed by atoms with Crippen molar-refractivity contribution in [1.29, 1.82) is 5.26 Å². The minimum atomic E-state index is -0.864. The molecule has 8 heteroatoms. The summed E-state index contributed by atoms with van der Waals surface area (Å²) in [6, 6.07) is 10.1. The first-order valence-corrected chi connectivity index (χ1v) is 7.31. The van der Waals surface area contributed by atoms with Gasteiger partial charge in [0.25, 0.3) is 5.91 Å². The van der Waals surface area contributed by atoms with Crippen LogP contribution >= 0.6 is 23.2 Å². The van der Waals surface area contributed by atoms with Crippen molar-refractivity contribution in [3.05, 3.63) is 57.6 Å². The maximum Gasteiger partial charge on any atom is 0.342 e. The third-order valence-corrected chi connectivity index (χ3v) is 3.44. The number of phenols is 1. The van der Waals surface area contributed by atoms with Crippen LogP contribution in [-0.4, -0.2) is 23.6 Å². The van der Waals surface area contributed by atoms with Gasteiger partial charge in [-0.2, -0.15) is 5.26 Å². The average molecular weight is 365 g/mol. The molecule has 0 saturated heterocycles. The zero-order valence-electron chi connectivity index (χ0n) is 12.0. The highest BCUT2D eigenvalue weighted by molar-refractivity contribution is 6.32. The fourth-order valence-electron chi connectivity index (χ4n) is 1.77. The van der Waals surface area contributed by atoms with E-state index in [-0.39, 0.29) is 26.9 Å². The molecule has 0 saturated carbocycles. The summed E-state index contributed by atoms with van der Waals surface area (Å²) in [4.78, 5) is 23.6. The van der Waals surface area contributed by atoms with Gasteiger partial charge < -0.3 is 15.2 Å². The Morgan fingerprint density at radius 1 is 1.21 bits per heavy atom. The maximum absolute atomic E-state index is 11.8. The molecule has 0 aliphatic heterocycles. The lowest BCUT2D eigenvalue weighted by atomic mass is 10.2. The summed E-state index contributed by atoms with van der Waals surface area (Å²) in [5, 5.41) is 21.3. The van der Waals surface area contributed by atoms with E-state index in [2.05, 4.69) is 5.32 Å². The van der Waals surface area contributed by atoms with Gasteiger partial charge >= 0.3 is 5.97 Å². The molecule has 2 rings (SSSR count). The Balaban J connectivity index is 1.94. The number of benzene rings is 2. The van der Waals surface area contributed by atoms with E-state index in [1.807, 2.05) is 6.07 Å². The predicted octanol–water partition coefficient (Wildman–Crippen LogP) is 3.37. The number of ether oxygens (including phenoxy) is 1. The molecule has 0 aliphatic carbocycles. The quantitative estimate of drug-likeness (QED) is 0.810. The summed E-state index contributed by atoms with van der Waals surface area (Å²) in [7, 11) is 0. The van der Waals surface area contributed by atoms with E-state index < -0.39 is 18.5 Å². The van der Waals surface area contributed by atoms with Gasteiger partial charge in [0.15, 0.2) is 6.61 Å². The molecule has 24 heavy (non-hydrogen) atoms. The van der Waals surface area contributed by atoms with Crippen LogP contribution in [0.4, 0.5) is 5.69 Å². The Morgan fingerprint density at radius 2 is 1.96 bits per heavy atom. The Hall–Kier alpha value is -2.75. The number of halogens is 2. The molecule has 0 aromatic heterocycles. The summed E-state index contributed by atoms with van der Waals surface area (Å²) >= 11 is 11.5. The van der Waals surface area contributed by atoms with Gasteiger partial charge in [0.1, 0.15) is 17.4 Å². The molecule has 2 N–H and O–H groups in total. The number of nitrogens with one attached hydrogen (secondary N) is 1. The standard InChI is InChI=1S/C16H10Cl2N2O4/c17-10-2-4-12(14(21)5-10)16(23)24-8-15(22)20-11-3-1-9(7-19)13(18)6-11/h1-6,21H,8H2,(H,20,22). The van der Waals surface area contributed by atoms with Gasteiger partial charge in [0, 0.05) is 10.7 Å². The van der Waals surface area contributed by atoms with Gasteiger partial charge in [-0.1, -0.05) is 23.2 Å². The Morgan fingerprint density at radius 3 is 2.58 bits per heavy atom. The molecule has 2 aromatic carbocycles. The minimum Gasteiger partial charge on any atom is -0.507 e. The van der Waals surface area contributed by atoms with Gasteiger partial charge in [0.2, 0.25) is 0 Å². The molecule has 2 aromatic rings. The second kappa shape index (κ2) is 7.68. The van der Waals surface area contributed by atoms with Crippen LogP contribution in [0.5, 0.6) is 5.75 Å². The highest BCUT2D eigenvalue weighted by Gasteiger charge is 2.15. The number of nitrogens with zero attached hydrogens (tertiary/aromatic N) is 1. The van der Waals surface area contributed by atoms with E-state index in [4.69, 9.17) is 33.2 Å². The lowest BCUT2D eigenvalue weighted by Crippen LogP contribution is -2.21. The number of amides is 1. The van der Waals surface area contributed by atoms with Gasteiger partial charge in [-0.25, -0.2) is 4.79 Å². The lowest BCUT2D eigenvalue weighted by molar-refractivity contribution is -0.119. The third kappa shape index (κ3) is 4.38. The smallest absolute Gasteiger partial charge is 0.342 e. The van der Waals surface area contributed by atoms with Crippen LogP contribution in [0.25, 0.3) is 0 Å². The van der Waals surface area contributed by atoms with Crippen LogP contribution in [-0.2, 0) is 9.53 Å². The van der Waals surface area contributed by atoms with Crippen LogP contribution in [0.15, 0.2) is 36.4 Å². The SMILES string of the molecule is N#Cc1ccc(NC(=O)COC(=O)c2ccc(Cl)cc2O)cc1Cl. The molecular weight excluding hydrogens is 355 g/mol. The largest absolute Gasteiger partial charge is 0.507 e. The molecule has 0 heterocycles. The van der Waals surface area contributed by atoms with Crippen molar-refractivity contribution in [3.8, 4) is 11.8 Å². The van der Waals surface area contributed by atoms with Gasteiger partial charge in [0.05, 0.1) is 10.6 Å². The second-order valence-corrected chi connectivity index (χ2v) is 5.44. The van der Waals surface area contributed by atoms with Crippen LogP contribution in [0.2, 0.25) is 10.0 Å². The maximum atomic E-state index is 11.8. The van der Waals surface area contributed by atoms with Gasteiger partial charge in [-0.05, 0) is 36.4 Å². The molecule has 122 valence electrons. The summed E-state index contributed by atoms with van der Waals surface area (Å²) in [6.45, 7) is -0.557. The highest BCUT2D eigenvalue weighted by Crippen LogP contribution is 2.23. The van der Waals surface area contributed by atoms with Crippen LogP contribution in [0.3, 0.4) is 0 Å². The zero-order valence-corrected chi connectivity index (χ0v) is 13.6. The van der Waals surface area contributed by atoms with Crippen molar-refractivity contribution in [2.75, 3.05) is 11.9 Å². The number of hydrogen-bond donors (Lipinski definition) is 2. The first-order valence-electron chi connectivity index (χ1n) is 6.56. The number of rotatable bonds is 4. The predicted molar refractivity (Wildman–Crippen MR) is 88.2 cm³/mol. The number of carbonyl (C=O) groups is 2. The van der Waals surface area contributed by atoms with Crippen molar-refractivity contribution in [3.63, 3.8) is 0 Å². The van der Waals surface area contributed by atoms with E-state index in [0.717, 1.165) is 0 Å². The van der Waals surface area contributed by atoms with E-state index >= 15 is 0 Å². The third-order valence-electron chi connectivity index (χ3n) is 2.89. The fraction of sp³-hybridized carbons (Fsp3) is 0.0625. The summed E-state index contributed by atoms with van der Waals surface area (Å²) in [5.41, 5.74) is 0.530. The van der Waals surface area contributed by atoms with Crippen LogP contribution in [0.1, 0.15) is 15.9 Å². The number of phenolic OH excluding ortho intramolecular Hbond substituents is 1. The van der Waals surface area contributed by atoms with Crippen molar-refractivity contribution in [1.82, 2.24) is 0 Å². The first-order chi connectivity index (χ1) is 11.4. The molecule has 0 unspecified atom stereocenters. The average Bonchev–Trinajstić information content (AvgIpc) is 2.53. The summed E-state index contributed by atoms with van der Waals surface area (Å²) in [6.07, 6.45) is 0. The molecule has 0 bridgehead atoms. The summed E-state index contributed by atoms with van der Waals surface area (Å²) < 4.78 is 4.82. The van der Waals surface area contributed by atoms with E-state index in [1.54, 1.807) is 0 Å². The Kier molecular flexibility index (Phi) is 5.64. The molecule has 0 aliphatic rings. The Bertz CT molecular complexity index is 846. The number of hydrogen-bond acceptors (Lipinski definition) is 5. The lowest BCUT2D eigenvalue weighted by Gasteiger charge is -2.08. The highest BCUT2D eigenvalue weighted by atomic mass is 35.5. The molecule has 0 radical (unpaired) electrons. The topological polar surface area (TPSA) is 99.4 Å². The van der Waals surface area contributed by atoms with E-state index in [9.17, 15) is 14.7 Å². The van der Waals surface area contributed by atoms with E-state index in [0.29, 0.717) is 5.69 Å². The molecule has 0 fully saturated rings. The van der Waals surface area contributed by atoms with Crippen LogP contribution in [0, 0.1) is 11.3 Å². The molecule has 0 atom stereocenters. The molecule has 1 amide bonds. The number of aromatic hydroxyl groups is 1. The molecular formula is C16H10Cl2N2O4. The molecule has 6 nitrogen and oxygen atoms in total. The zero-order chi connectivity index (χ0) is 17.7. The molecule has 0 spiro atoms. The number of nitriles is 1. The number of esters is 1. The van der Waals surface area contributed by atoms with Crippen molar-refractivity contribution >= 4 is 40.8 Å². The van der Waals surface area contributed by atoms with Crippen LogP contribution < -0.4 is 5.32 Å². The van der Waals surface area contributed by atoms with Gasteiger partial charge in [-0.15, -0.1) is 0 Å².